The highest BCUT2D eigenvalue weighted by molar-refractivity contribution is 6.12. The largest absolute Gasteiger partial charge is 0.301 e. The molecular weight excluding hydrogens is 1490 g/mol. The molecule has 8 aromatic heterocycles. The standard InChI is InChI=1S/2C55H35N5O/c2*61-54-45-33-39(30-32-48(45)58-35-46(36-17-5-1-6-18-36)51(37-19-7-2-8-20-37)53(58)59(54)41-23-11-4-12-24-41)40-29-31-43-42-25-14-16-28-49(42)60(50(43)34-40)55-56-47-27-15-13-26-44(47)52(57-55)38-21-9-3-10-22-38/h2*1-35H. The number of aromatic nitrogens is 10. The maximum atomic E-state index is 15.2. The van der Waals surface area contributed by atoms with Crippen LogP contribution in [0.1, 0.15) is 0 Å². The molecule has 8 heterocycles. The summed E-state index contributed by atoms with van der Waals surface area (Å²) < 4.78 is 12.5. The van der Waals surface area contributed by atoms with Gasteiger partial charge in [-0.3, -0.25) is 27.9 Å². The van der Waals surface area contributed by atoms with Crippen molar-refractivity contribution in [2.75, 3.05) is 0 Å². The number of fused-ring (bicyclic) bond motifs is 14. The highest BCUT2D eigenvalue weighted by Gasteiger charge is 2.27. The van der Waals surface area contributed by atoms with Crippen LogP contribution in [-0.4, -0.2) is 47.0 Å². The summed E-state index contributed by atoms with van der Waals surface area (Å²) in [5, 5.41) is 7.67. The van der Waals surface area contributed by atoms with Crippen molar-refractivity contribution in [2.24, 2.45) is 0 Å². The Hall–Kier alpha value is -16.7. The molecule has 572 valence electrons. The lowest BCUT2D eigenvalue weighted by atomic mass is 9.98. The normalized spacial score (nSPS) is 11.7. The van der Waals surface area contributed by atoms with E-state index in [0.717, 1.165) is 188 Å². The van der Waals surface area contributed by atoms with Crippen molar-refractivity contribution in [2.45, 2.75) is 0 Å². The van der Waals surface area contributed by atoms with Gasteiger partial charge in [-0.05, 0) is 129 Å². The van der Waals surface area contributed by atoms with E-state index >= 15 is 9.59 Å². The van der Waals surface area contributed by atoms with Crippen LogP contribution in [0, 0.1) is 0 Å². The Balaban J connectivity index is 0.000000142. The van der Waals surface area contributed by atoms with Crippen molar-refractivity contribution in [3.8, 4) is 113 Å². The first-order chi connectivity index (χ1) is 60.4. The fourth-order valence-corrected chi connectivity index (χ4v) is 18.2. The molecule has 12 nitrogen and oxygen atoms in total. The number of hydrogen-bond acceptors (Lipinski definition) is 6. The zero-order valence-corrected chi connectivity index (χ0v) is 65.7. The molecule has 0 aliphatic carbocycles. The topological polar surface area (TPSA) is 114 Å². The van der Waals surface area contributed by atoms with Crippen LogP contribution in [0.5, 0.6) is 0 Å². The van der Waals surface area contributed by atoms with Gasteiger partial charge >= 0.3 is 0 Å². The van der Waals surface area contributed by atoms with Gasteiger partial charge in [0.25, 0.3) is 11.1 Å². The van der Waals surface area contributed by atoms with Crippen molar-refractivity contribution >= 4 is 98.5 Å². The molecular formula is C110H70N10O2. The highest BCUT2D eigenvalue weighted by Crippen LogP contribution is 2.45. The van der Waals surface area contributed by atoms with Gasteiger partial charge in [-0.1, -0.05) is 328 Å². The molecule has 0 saturated heterocycles. The van der Waals surface area contributed by atoms with Gasteiger partial charge in [-0.2, -0.15) is 0 Å². The van der Waals surface area contributed by atoms with Crippen molar-refractivity contribution in [3.63, 3.8) is 0 Å². The first-order valence-electron chi connectivity index (χ1n) is 40.9. The Morgan fingerprint density at radius 1 is 0.197 bits per heavy atom. The first kappa shape index (κ1) is 70.7. The molecule has 0 amide bonds. The monoisotopic (exact) mass is 1560 g/mol. The molecule has 24 rings (SSSR count). The quantitative estimate of drug-likeness (QED) is 0.120. The summed E-state index contributed by atoms with van der Waals surface area (Å²) >= 11 is 0. The maximum Gasteiger partial charge on any atom is 0.266 e. The van der Waals surface area contributed by atoms with E-state index < -0.39 is 0 Å². The third-order valence-electron chi connectivity index (χ3n) is 23.8. The minimum absolute atomic E-state index is 0.0846. The number of nitrogens with zero attached hydrogens (tertiary/aromatic N) is 10. The van der Waals surface area contributed by atoms with Crippen LogP contribution in [0.15, 0.2) is 434 Å². The van der Waals surface area contributed by atoms with Gasteiger partial charge in [0.05, 0.1) is 77.7 Å². The van der Waals surface area contributed by atoms with E-state index in [0.29, 0.717) is 22.7 Å². The van der Waals surface area contributed by atoms with E-state index in [1.807, 2.05) is 155 Å². The third kappa shape index (κ3) is 11.8. The fourth-order valence-electron chi connectivity index (χ4n) is 18.2. The molecule has 0 fully saturated rings. The van der Waals surface area contributed by atoms with Gasteiger partial charge in [0.2, 0.25) is 11.9 Å². The molecule has 0 saturated carbocycles. The lowest BCUT2D eigenvalue weighted by Gasteiger charge is -2.15. The van der Waals surface area contributed by atoms with Gasteiger partial charge in [-0.15, -0.1) is 0 Å². The average molecular weight is 1560 g/mol. The molecule has 0 bridgehead atoms. The van der Waals surface area contributed by atoms with Crippen LogP contribution in [0.25, 0.3) is 211 Å². The first-order valence-corrected chi connectivity index (χ1v) is 40.9. The zero-order chi connectivity index (χ0) is 80.9. The summed E-state index contributed by atoms with van der Waals surface area (Å²) in [5.74, 6) is 1.20. The van der Waals surface area contributed by atoms with Crippen LogP contribution in [0.4, 0.5) is 0 Å². The van der Waals surface area contributed by atoms with E-state index in [9.17, 15) is 0 Å². The molecule has 12 heteroatoms. The summed E-state index contributed by atoms with van der Waals surface area (Å²) in [4.78, 5) is 51.4. The van der Waals surface area contributed by atoms with Gasteiger partial charge in [0.15, 0.2) is 0 Å². The molecule has 122 heavy (non-hydrogen) atoms. The fraction of sp³-hybridized carbons (Fsp3) is 0. The second-order valence-corrected chi connectivity index (χ2v) is 30.8. The van der Waals surface area contributed by atoms with Gasteiger partial charge in [0.1, 0.15) is 11.3 Å². The minimum Gasteiger partial charge on any atom is -0.301 e. The van der Waals surface area contributed by atoms with Crippen LogP contribution >= 0.6 is 0 Å². The molecule has 0 spiro atoms. The lowest BCUT2D eigenvalue weighted by Crippen LogP contribution is -2.21. The van der Waals surface area contributed by atoms with Crippen LogP contribution < -0.4 is 11.1 Å². The van der Waals surface area contributed by atoms with Crippen molar-refractivity contribution in [1.82, 2.24) is 47.0 Å². The van der Waals surface area contributed by atoms with Gasteiger partial charge in [0, 0.05) is 78.1 Å². The molecule has 24 aromatic rings. The predicted octanol–water partition coefficient (Wildman–Crippen LogP) is 25.9. The molecule has 0 aliphatic rings. The Bertz CT molecular complexity index is 7900. The predicted molar refractivity (Wildman–Crippen MR) is 499 cm³/mol. The molecule has 0 N–H and O–H groups in total. The van der Waals surface area contributed by atoms with Crippen molar-refractivity contribution in [1.29, 1.82) is 0 Å². The summed E-state index contributed by atoms with van der Waals surface area (Å²) in [6, 6.07) is 141. The van der Waals surface area contributed by atoms with E-state index in [-0.39, 0.29) is 11.1 Å². The summed E-state index contributed by atoms with van der Waals surface area (Å²) in [5.41, 5.74) is 26.5. The summed E-state index contributed by atoms with van der Waals surface area (Å²) in [6.45, 7) is 0. The van der Waals surface area contributed by atoms with Crippen LogP contribution in [-0.2, 0) is 0 Å². The summed E-state index contributed by atoms with van der Waals surface area (Å²) in [7, 11) is 0. The van der Waals surface area contributed by atoms with Crippen molar-refractivity contribution in [3.05, 3.63) is 446 Å². The van der Waals surface area contributed by atoms with Crippen LogP contribution in [0.3, 0.4) is 0 Å². The van der Waals surface area contributed by atoms with E-state index in [2.05, 4.69) is 297 Å². The lowest BCUT2D eigenvalue weighted by molar-refractivity contribution is 1.00. The SMILES string of the molecule is O=c1c2cc(-c3ccc4c5ccccc5n(-c5nc(-c6ccccc6)c6ccccc6n5)c4c3)ccc2n2cc(-c3ccccc3)c(-c3ccccc3)c2n1-c1ccccc1.O=c1c2cc(-c3ccc4c5ccccc5n(-c5nc(-c6ccccc6)c6ccccc6n5)c4c3)ccc2n2cc(-c3ccccc3)c(-c3ccccc3)c2n1-c1ccccc1. The number of hydrogen-bond donors (Lipinski definition) is 0. The Morgan fingerprint density at radius 3 is 0.869 bits per heavy atom. The number of rotatable bonds is 12. The highest BCUT2D eigenvalue weighted by atomic mass is 16.1. The minimum atomic E-state index is -0.0846. The van der Waals surface area contributed by atoms with Gasteiger partial charge in [-0.25, -0.2) is 19.9 Å². The third-order valence-corrected chi connectivity index (χ3v) is 23.8. The second kappa shape index (κ2) is 29.2. The number of para-hydroxylation sites is 6. The second-order valence-electron chi connectivity index (χ2n) is 30.8. The Morgan fingerprint density at radius 2 is 0.492 bits per heavy atom. The zero-order valence-electron chi connectivity index (χ0n) is 65.7. The van der Waals surface area contributed by atoms with E-state index in [1.165, 1.54) is 0 Å². The molecule has 0 aliphatic heterocycles. The maximum absolute atomic E-state index is 15.2. The smallest absolute Gasteiger partial charge is 0.266 e. The molecule has 16 aromatic carbocycles. The van der Waals surface area contributed by atoms with E-state index in [1.54, 1.807) is 0 Å². The van der Waals surface area contributed by atoms with Gasteiger partial charge < -0.3 is 8.80 Å². The molecule has 0 radical (unpaired) electrons. The summed E-state index contributed by atoms with van der Waals surface area (Å²) in [6.07, 6.45) is 4.37. The average Bonchev–Trinajstić information content (AvgIpc) is 1.51. The Labute approximate surface area is 699 Å². The number of benzene rings is 16. The van der Waals surface area contributed by atoms with E-state index in [4.69, 9.17) is 19.9 Å². The molecule has 0 atom stereocenters. The van der Waals surface area contributed by atoms with Crippen molar-refractivity contribution < 1.29 is 0 Å². The Kier molecular flexibility index (Phi) is 16.9. The van der Waals surface area contributed by atoms with Crippen LogP contribution in [0.2, 0.25) is 0 Å². The molecule has 0 unspecified atom stereocenters.